The van der Waals surface area contributed by atoms with Gasteiger partial charge in [0.25, 0.3) is 0 Å². The number of halogens is 1. The number of carboxylic acids is 1. The summed E-state index contributed by atoms with van der Waals surface area (Å²) in [5, 5.41) is 12.3. The van der Waals surface area contributed by atoms with Gasteiger partial charge >= 0.3 is 5.97 Å². The topological polar surface area (TPSA) is 62.2 Å². The van der Waals surface area contributed by atoms with Gasteiger partial charge in [-0.05, 0) is 30.4 Å². The van der Waals surface area contributed by atoms with E-state index in [4.69, 9.17) is 16.7 Å². The van der Waals surface area contributed by atoms with Crippen molar-refractivity contribution < 1.29 is 9.90 Å². The van der Waals surface area contributed by atoms with Crippen LogP contribution in [0.1, 0.15) is 49.5 Å². The average Bonchev–Trinajstić information content (AvgIpc) is 2.42. The van der Waals surface area contributed by atoms with E-state index in [1.165, 1.54) is 25.7 Å². The summed E-state index contributed by atoms with van der Waals surface area (Å²) in [5.41, 5.74) is -0.0943. The maximum Gasteiger partial charge on any atom is 0.356 e. The van der Waals surface area contributed by atoms with Gasteiger partial charge in [0.05, 0.1) is 5.02 Å². The molecule has 1 saturated carbocycles. The van der Waals surface area contributed by atoms with Gasteiger partial charge in [0, 0.05) is 6.54 Å². The van der Waals surface area contributed by atoms with E-state index in [0.717, 1.165) is 24.8 Å². The highest BCUT2D eigenvalue weighted by atomic mass is 35.5. The first-order valence-electron chi connectivity index (χ1n) is 7.20. The van der Waals surface area contributed by atoms with E-state index < -0.39 is 5.97 Å². The van der Waals surface area contributed by atoms with Gasteiger partial charge in [-0.15, -0.1) is 0 Å². The molecular formula is C15H21ClN2O2. The molecule has 1 heterocycles. The molecule has 0 bridgehead atoms. The number of aromatic nitrogens is 1. The van der Waals surface area contributed by atoms with Crippen LogP contribution >= 0.6 is 11.6 Å². The first-order valence-corrected chi connectivity index (χ1v) is 7.57. The zero-order valence-electron chi connectivity index (χ0n) is 11.7. The molecule has 0 unspecified atom stereocenters. The van der Waals surface area contributed by atoms with Crippen LogP contribution in [0, 0.1) is 11.8 Å². The average molecular weight is 297 g/mol. The number of hydrogen-bond donors (Lipinski definition) is 2. The molecule has 0 radical (unpaired) electrons. The lowest BCUT2D eigenvalue weighted by atomic mass is 9.81. The summed E-state index contributed by atoms with van der Waals surface area (Å²) in [5.74, 6) is 1.14. The van der Waals surface area contributed by atoms with E-state index in [-0.39, 0.29) is 10.7 Å². The number of anilines is 1. The van der Waals surface area contributed by atoms with Crippen molar-refractivity contribution in [1.82, 2.24) is 4.98 Å². The molecule has 0 amide bonds. The summed E-state index contributed by atoms with van der Waals surface area (Å²) in [6.45, 7) is 3.15. The van der Waals surface area contributed by atoms with Crippen molar-refractivity contribution >= 4 is 23.4 Å². The molecule has 4 nitrogen and oxygen atoms in total. The Bertz CT molecular complexity index is 471. The maximum absolute atomic E-state index is 11.0. The Hall–Kier alpha value is -1.29. The molecule has 2 N–H and O–H groups in total. The lowest BCUT2D eigenvalue weighted by molar-refractivity contribution is 0.0691. The van der Waals surface area contributed by atoms with E-state index in [1.807, 2.05) is 0 Å². The highest BCUT2D eigenvalue weighted by molar-refractivity contribution is 6.33. The van der Waals surface area contributed by atoms with Gasteiger partial charge in [0.15, 0.2) is 5.69 Å². The van der Waals surface area contributed by atoms with Crippen LogP contribution in [0.3, 0.4) is 0 Å². The van der Waals surface area contributed by atoms with Crippen molar-refractivity contribution in [3.05, 3.63) is 22.8 Å². The van der Waals surface area contributed by atoms with Crippen molar-refractivity contribution in [2.45, 2.75) is 39.0 Å². The summed E-state index contributed by atoms with van der Waals surface area (Å²) in [4.78, 5) is 15.0. The van der Waals surface area contributed by atoms with Gasteiger partial charge in [0.1, 0.15) is 5.82 Å². The fourth-order valence-corrected chi connectivity index (χ4v) is 2.90. The molecule has 0 spiro atoms. The third-order valence-electron chi connectivity index (χ3n) is 4.04. The van der Waals surface area contributed by atoms with Crippen LogP contribution in [0.15, 0.2) is 12.1 Å². The number of pyridine rings is 1. The normalized spacial score (nSPS) is 22.5. The van der Waals surface area contributed by atoms with Crippen molar-refractivity contribution in [1.29, 1.82) is 0 Å². The summed E-state index contributed by atoms with van der Waals surface area (Å²) < 4.78 is 0. The van der Waals surface area contributed by atoms with E-state index in [9.17, 15) is 4.79 Å². The van der Waals surface area contributed by atoms with Crippen LogP contribution in [0.2, 0.25) is 5.02 Å². The van der Waals surface area contributed by atoms with E-state index in [2.05, 4.69) is 17.2 Å². The molecule has 0 atom stereocenters. The second-order valence-electron chi connectivity index (χ2n) is 5.67. The number of carboxylic acid groups (broad SMARTS) is 1. The Morgan fingerprint density at radius 2 is 2.10 bits per heavy atom. The minimum atomic E-state index is -1.10. The molecule has 0 saturated heterocycles. The minimum Gasteiger partial charge on any atom is -0.476 e. The predicted octanol–water partition coefficient (Wildman–Crippen LogP) is 4.06. The van der Waals surface area contributed by atoms with Crippen molar-refractivity contribution in [3.63, 3.8) is 0 Å². The van der Waals surface area contributed by atoms with Gasteiger partial charge in [-0.1, -0.05) is 44.2 Å². The molecule has 1 aliphatic carbocycles. The first kappa shape index (κ1) is 15.1. The Kier molecular flexibility index (Phi) is 5.24. The van der Waals surface area contributed by atoms with Crippen LogP contribution < -0.4 is 5.32 Å². The van der Waals surface area contributed by atoms with Crippen molar-refractivity contribution in [2.24, 2.45) is 11.8 Å². The monoisotopic (exact) mass is 296 g/mol. The maximum atomic E-state index is 11.0. The summed E-state index contributed by atoms with van der Waals surface area (Å²) in [7, 11) is 0. The Morgan fingerprint density at radius 3 is 2.75 bits per heavy atom. The highest BCUT2D eigenvalue weighted by Crippen LogP contribution is 2.30. The van der Waals surface area contributed by atoms with Gasteiger partial charge in [-0.3, -0.25) is 0 Å². The lowest BCUT2D eigenvalue weighted by Gasteiger charge is -2.26. The van der Waals surface area contributed by atoms with Gasteiger partial charge < -0.3 is 10.4 Å². The molecule has 0 aromatic carbocycles. The number of hydrogen-bond acceptors (Lipinski definition) is 3. The third-order valence-corrected chi connectivity index (χ3v) is 4.35. The molecule has 2 rings (SSSR count). The number of nitrogens with zero attached hydrogens (tertiary/aromatic N) is 1. The zero-order chi connectivity index (χ0) is 14.5. The number of rotatable bonds is 5. The Morgan fingerprint density at radius 1 is 1.40 bits per heavy atom. The fourth-order valence-electron chi connectivity index (χ4n) is 2.71. The Labute approximate surface area is 124 Å². The molecule has 0 aliphatic heterocycles. The molecular weight excluding hydrogens is 276 g/mol. The van der Waals surface area contributed by atoms with Gasteiger partial charge in [-0.2, -0.15) is 0 Å². The van der Waals surface area contributed by atoms with Gasteiger partial charge in [-0.25, -0.2) is 9.78 Å². The molecule has 1 aliphatic rings. The number of nitrogens with one attached hydrogen (secondary N) is 1. The minimum absolute atomic E-state index is 0.0943. The SMILES string of the molecule is CC1CCC(CCNc2ccc(Cl)c(C(=O)O)n2)CC1. The third kappa shape index (κ3) is 4.10. The largest absolute Gasteiger partial charge is 0.476 e. The fraction of sp³-hybridized carbons (Fsp3) is 0.600. The molecule has 1 aromatic rings. The lowest BCUT2D eigenvalue weighted by Crippen LogP contribution is -2.16. The van der Waals surface area contributed by atoms with Crippen LogP contribution in [0.5, 0.6) is 0 Å². The second-order valence-corrected chi connectivity index (χ2v) is 6.08. The zero-order valence-corrected chi connectivity index (χ0v) is 12.5. The summed E-state index contributed by atoms with van der Waals surface area (Å²) in [6.07, 6.45) is 6.37. The van der Waals surface area contributed by atoms with Gasteiger partial charge in [0.2, 0.25) is 0 Å². The molecule has 5 heteroatoms. The van der Waals surface area contributed by atoms with Crippen LogP contribution in [-0.4, -0.2) is 22.6 Å². The molecule has 1 fully saturated rings. The van der Waals surface area contributed by atoms with Crippen LogP contribution in [0.4, 0.5) is 5.82 Å². The Balaban J connectivity index is 1.82. The molecule has 1 aromatic heterocycles. The van der Waals surface area contributed by atoms with Crippen LogP contribution in [0.25, 0.3) is 0 Å². The number of carbonyl (C=O) groups is 1. The van der Waals surface area contributed by atoms with Crippen molar-refractivity contribution in [2.75, 3.05) is 11.9 Å². The molecule has 110 valence electrons. The first-order chi connectivity index (χ1) is 9.56. The highest BCUT2D eigenvalue weighted by Gasteiger charge is 2.17. The molecule has 20 heavy (non-hydrogen) atoms. The smallest absolute Gasteiger partial charge is 0.356 e. The van der Waals surface area contributed by atoms with E-state index in [1.54, 1.807) is 12.1 Å². The standard InChI is InChI=1S/C15H21ClN2O2/c1-10-2-4-11(5-3-10)8-9-17-13-7-6-12(16)14(18-13)15(19)20/h6-7,10-11H,2-5,8-9H2,1H3,(H,17,18)(H,19,20). The van der Waals surface area contributed by atoms with Crippen molar-refractivity contribution in [3.8, 4) is 0 Å². The summed E-state index contributed by atoms with van der Waals surface area (Å²) in [6, 6.07) is 3.29. The predicted molar refractivity (Wildman–Crippen MR) is 80.4 cm³/mol. The number of aromatic carboxylic acids is 1. The quantitative estimate of drug-likeness (QED) is 0.860. The van der Waals surface area contributed by atoms with E-state index >= 15 is 0 Å². The van der Waals surface area contributed by atoms with Crippen LogP contribution in [-0.2, 0) is 0 Å². The summed E-state index contributed by atoms with van der Waals surface area (Å²) >= 11 is 5.79. The second kappa shape index (κ2) is 6.93. The van der Waals surface area contributed by atoms with E-state index in [0.29, 0.717) is 5.82 Å².